The number of guanidine groups is 1. The first kappa shape index (κ1) is 16.4. The summed E-state index contributed by atoms with van der Waals surface area (Å²) in [5, 5.41) is 0. The van der Waals surface area contributed by atoms with Crippen molar-refractivity contribution in [1.29, 1.82) is 0 Å². The lowest BCUT2D eigenvalue weighted by Crippen LogP contribution is -2.54. The van der Waals surface area contributed by atoms with Crippen LogP contribution in [0.3, 0.4) is 0 Å². The van der Waals surface area contributed by atoms with Gasteiger partial charge in [0.15, 0.2) is 5.96 Å². The number of amides is 1. The van der Waals surface area contributed by atoms with E-state index in [9.17, 15) is 18.0 Å². The van der Waals surface area contributed by atoms with Gasteiger partial charge in [0.1, 0.15) is 17.2 Å². The lowest BCUT2D eigenvalue weighted by Gasteiger charge is -2.37. The molecule has 30 heavy (non-hydrogen) atoms. The molecule has 2 N–H and O–H groups in total. The van der Waals surface area contributed by atoms with Crippen LogP contribution in [0.25, 0.3) is 0 Å². The third kappa shape index (κ3) is 2.84. The number of halogens is 3. The Hall–Kier alpha value is -3.37. The van der Waals surface area contributed by atoms with E-state index in [2.05, 4.69) is 19.7 Å². The highest BCUT2D eigenvalue weighted by Gasteiger charge is 2.57. The van der Waals surface area contributed by atoms with Gasteiger partial charge in [-0.15, -0.1) is 0 Å². The summed E-state index contributed by atoms with van der Waals surface area (Å²) in [7, 11) is -1.57. The number of hydrogen-bond acceptors (Lipinski definition) is 7. The van der Waals surface area contributed by atoms with Crippen molar-refractivity contribution in [3.63, 3.8) is 0 Å². The number of nitrogens with zero attached hydrogens (tertiary/aromatic N) is 5. The molecule has 2 aliphatic heterocycles. The van der Waals surface area contributed by atoms with Gasteiger partial charge in [-0.2, -0.15) is 9.37 Å². The molecule has 0 aliphatic carbocycles. The van der Waals surface area contributed by atoms with Gasteiger partial charge in [0.05, 0.1) is 29.3 Å². The van der Waals surface area contributed by atoms with Gasteiger partial charge >= 0.3 is 0 Å². The number of aryl methyl sites for hydroxylation is 1. The SMILES string of the molecule is [2H]C([2H])([2H])Oc1nc(N2C[C@H]3C(=O)N(C)C(N)=N[C@@]3(c3cc(F)ccc3F)C2)nc(C)c1F. The second kappa shape index (κ2) is 6.85. The van der Waals surface area contributed by atoms with Crippen LogP contribution >= 0.6 is 0 Å². The monoisotopic (exact) mass is 423 g/mol. The number of anilines is 1. The van der Waals surface area contributed by atoms with E-state index in [1.807, 2.05) is 0 Å². The Kier molecular flexibility index (Phi) is 3.75. The van der Waals surface area contributed by atoms with Gasteiger partial charge in [0.25, 0.3) is 5.88 Å². The van der Waals surface area contributed by atoms with E-state index < -0.39 is 47.7 Å². The van der Waals surface area contributed by atoms with E-state index in [1.54, 1.807) is 0 Å². The number of hydrogen-bond donors (Lipinski definition) is 1. The first-order valence-electron chi connectivity index (χ1n) is 10.4. The molecule has 0 bridgehead atoms. The molecule has 11 heteroatoms. The van der Waals surface area contributed by atoms with Crippen molar-refractivity contribution in [2.24, 2.45) is 16.6 Å². The van der Waals surface area contributed by atoms with Crippen LogP contribution in [-0.2, 0) is 10.3 Å². The fraction of sp³-hybridized carbons (Fsp3) is 0.368. The maximum Gasteiger partial charge on any atom is 0.255 e. The highest BCUT2D eigenvalue weighted by Crippen LogP contribution is 2.45. The molecule has 1 saturated heterocycles. The van der Waals surface area contributed by atoms with Gasteiger partial charge in [-0.25, -0.2) is 18.8 Å². The highest BCUT2D eigenvalue weighted by molar-refractivity contribution is 6.01. The Morgan fingerprint density at radius 1 is 1.33 bits per heavy atom. The lowest BCUT2D eigenvalue weighted by molar-refractivity contribution is -0.132. The van der Waals surface area contributed by atoms with E-state index in [1.165, 1.54) is 18.9 Å². The number of carbonyl (C=O) groups is 1. The van der Waals surface area contributed by atoms with Gasteiger partial charge in [0, 0.05) is 19.2 Å². The zero-order valence-corrected chi connectivity index (χ0v) is 16.0. The Morgan fingerprint density at radius 3 is 2.83 bits per heavy atom. The van der Waals surface area contributed by atoms with Crippen LogP contribution in [-0.4, -0.2) is 53.9 Å². The fourth-order valence-electron chi connectivity index (χ4n) is 3.90. The van der Waals surface area contributed by atoms with Crippen LogP contribution in [0.1, 0.15) is 15.4 Å². The maximum atomic E-state index is 14.9. The average Bonchev–Trinajstić information content (AvgIpc) is 3.11. The van der Waals surface area contributed by atoms with Crippen LogP contribution in [0, 0.1) is 30.3 Å². The summed E-state index contributed by atoms with van der Waals surface area (Å²) in [6.07, 6.45) is 0. The number of benzene rings is 1. The summed E-state index contributed by atoms with van der Waals surface area (Å²) in [6.45, 7) is 0.970. The summed E-state index contributed by atoms with van der Waals surface area (Å²) in [5.74, 6) is -5.24. The first-order valence-corrected chi connectivity index (χ1v) is 8.89. The number of nitrogens with two attached hydrogens (primary N) is 1. The van der Waals surface area contributed by atoms with Gasteiger partial charge in [0.2, 0.25) is 17.7 Å². The van der Waals surface area contributed by atoms with Crippen molar-refractivity contribution in [2.45, 2.75) is 12.5 Å². The van der Waals surface area contributed by atoms with Crippen molar-refractivity contribution in [3.8, 4) is 5.88 Å². The van der Waals surface area contributed by atoms with Crippen LogP contribution in [0.5, 0.6) is 5.88 Å². The van der Waals surface area contributed by atoms with Crippen LogP contribution in [0.4, 0.5) is 19.1 Å². The number of fused-ring (bicyclic) bond motifs is 1. The third-order valence-electron chi connectivity index (χ3n) is 5.45. The van der Waals surface area contributed by atoms with Crippen LogP contribution < -0.4 is 15.4 Å². The predicted molar refractivity (Wildman–Crippen MR) is 101 cm³/mol. The minimum absolute atomic E-state index is 0.103. The van der Waals surface area contributed by atoms with Crippen molar-refractivity contribution < 1.29 is 26.8 Å². The molecule has 1 fully saturated rings. The minimum Gasteiger partial charge on any atom is -0.479 e. The second-order valence-corrected chi connectivity index (χ2v) is 7.18. The molecule has 2 aromatic rings. The molecule has 0 spiro atoms. The van der Waals surface area contributed by atoms with Gasteiger partial charge < -0.3 is 15.4 Å². The highest BCUT2D eigenvalue weighted by atomic mass is 19.1. The number of methoxy groups -OCH3 is 1. The van der Waals surface area contributed by atoms with Crippen molar-refractivity contribution >= 4 is 17.8 Å². The van der Waals surface area contributed by atoms with Crippen LogP contribution in [0.15, 0.2) is 23.2 Å². The number of rotatable bonds is 3. The number of carbonyl (C=O) groups excluding carboxylic acids is 1. The third-order valence-corrected chi connectivity index (χ3v) is 5.45. The van der Waals surface area contributed by atoms with E-state index in [0.29, 0.717) is 0 Å². The molecule has 0 unspecified atom stereocenters. The van der Waals surface area contributed by atoms with Crippen molar-refractivity contribution in [2.75, 3.05) is 32.1 Å². The molecule has 2 atom stereocenters. The molecule has 1 aromatic heterocycles. The standard InChI is InChI=1S/C19H19F3N6O2/c1-9-14(22)15(30-3)25-18(24-9)28-7-12-16(29)27(2)17(23)26-19(12,8-28)11-6-10(20)4-5-13(11)21/h4-6,12H,7-8H2,1-3H3,(H2,23,26)/t12-,19+/m0/s1/i3D3. The Morgan fingerprint density at radius 2 is 2.10 bits per heavy atom. The summed E-state index contributed by atoms with van der Waals surface area (Å²) in [6, 6.07) is 2.81. The van der Waals surface area contributed by atoms with E-state index in [4.69, 9.17) is 9.85 Å². The molecule has 158 valence electrons. The fourth-order valence-corrected chi connectivity index (χ4v) is 3.90. The average molecular weight is 423 g/mol. The van der Waals surface area contributed by atoms with E-state index in [0.717, 1.165) is 23.1 Å². The van der Waals surface area contributed by atoms with Crippen LogP contribution in [0.2, 0.25) is 0 Å². The van der Waals surface area contributed by atoms with Crippen molar-refractivity contribution in [1.82, 2.24) is 14.9 Å². The Bertz CT molecular complexity index is 1180. The molecular weight excluding hydrogens is 401 g/mol. The summed E-state index contributed by atoms with van der Waals surface area (Å²) < 4.78 is 69.6. The predicted octanol–water partition coefficient (Wildman–Crippen LogP) is 1.33. The maximum absolute atomic E-state index is 14.9. The molecule has 8 nitrogen and oxygen atoms in total. The number of aromatic nitrogens is 2. The first-order chi connectivity index (χ1) is 15.3. The summed E-state index contributed by atoms with van der Waals surface area (Å²) in [4.78, 5) is 27.9. The summed E-state index contributed by atoms with van der Waals surface area (Å²) >= 11 is 0. The number of ether oxygens (including phenoxy) is 1. The normalized spacial score (nSPS) is 25.4. The molecule has 0 radical (unpaired) electrons. The zero-order valence-electron chi connectivity index (χ0n) is 19.0. The molecule has 2 aliphatic rings. The van der Waals surface area contributed by atoms with E-state index in [-0.39, 0.29) is 36.3 Å². The zero-order chi connectivity index (χ0) is 24.3. The lowest BCUT2D eigenvalue weighted by atomic mass is 9.79. The largest absolute Gasteiger partial charge is 0.479 e. The van der Waals surface area contributed by atoms with Gasteiger partial charge in [-0.05, 0) is 25.1 Å². The van der Waals surface area contributed by atoms with Gasteiger partial charge in [-0.3, -0.25) is 9.69 Å². The molecule has 4 rings (SSSR count). The smallest absolute Gasteiger partial charge is 0.255 e. The topological polar surface area (TPSA) is 96.9 Å². The quantitative estimate of drug-likeness (QED) is 0.800. The molecular formula is C19H19F3N6O2. The van der Waals surface area contributed by atoms with E-state index >= 15 is 0 Å². The molecule has 1 aromatic carbocycles. The van der Waals surface area contributed by atoms with Gasteiger partial charge in [-0.1, -0.05) is 0 Å². The van der Waals surface area contributed by atoms with Crippen molar-refractivity contribution in [3.05, 3.63) is 46.9 Å². The molecule has 1 amide bonds. The molecule has 0 saturated carbocycles. The Labute approximate surface area is 174 Å². The second-order valence-electron chi connectivity index (χ2n) is 7.18. The summed E-state index contributed by atoms with van der Waals surface area (Å²) in [5.41, 5.74) is 3.91. The minimum atomic E-state index is -2.97. The number of aliphatic imine (C=N–C) groups is 1. The Balaban J connectivity index is 1.84. The molecule has 3 heterocycles.